The molecule has 0 saturated carbocycles. The lowest BCUT2D eigenvalue weighted by atomic mass is 10.1. The molecule has 1 N–H and O–H groups in total. The Hall–Kier alpha value is -2.36. The first-order valence-electron chi connectivity index (χ1n) is 6.05. The number of nitrogens with zero attached hydrogens (tertiary/aromatic N) is 1. The molecule has 1 heterocycles. The molecule has 2 rings (SSSR count). The summed E-state index contributed by atoms with van der Waals surface area (Å²) in [6.07, 6.45) is 3.20. The van der Waals surface area contributed by atoms with Crippen LogP contribution in [0.2, 0.25) is 0 Å². The Kier molecular flexibility index (Phi) is 4.13. The molecular formula is C15H16N2O2. The molecule has 98 valence electrons. The van der Waals surface area contributed by atoms with Crippen LogP contribution in [0.25, 0.3) is 0 Å². The first-order valence-corrected chi connectivity index (χ1v) is 6.05. The van der Waals surface area contributed by atoms with Crippen molar-refractivity contribution in [3.63, 3.8) is 0 Å². The molecule has 0 spiro atoms. The molecule has 1 atom stereocenters. The number of rotatable bonds is 4. The monoisotopic (exact) mass is 256 g/mol. The number of methoxy groups -OCH3 is 1. The average Bonchev–Trinajstić information content (AvgIpc) is 2.48. The van der Waals surface area contributed by atoms with Gasteiger partial charge in [0.2, 0.25) is 0 Å². The summed E-state index contributed by atoms with van der Waals surface area (Å²) in [4.78, 5) is 15.9. The molecular weight excluding hydrogens is 240 g/mol. The largest absolute Gasteiger partial charge is 0.497 e. The van der Waals surface area contributed by atoms with Gasteiger partial charge in [-0.05, 0) is 36.8 Å². The quantitative estimate of drug-likeness (QED) is 0.914. The smallest absolute Gasteiger partial charge is 0.251 e. The van der Waals surface area contributed by atoms with Crippen LogP contribution in [0.4, 0.5) is 0 Å². The van der Waals surface area contributed by atoms with Gasteiger partial charge in [-0.15, -0.1) is 0 Å². The molecule has 2 aromatic rings. The van der Waals surface area contributed by atoms with Gasteiger partial charge in [0.1, 0.15) is 5.75 Å². The molecule has 0 radical (unpaired) electrons. The average molecular weight is 256 g/mol. The Bertz CT molecular complexity index is 555. The molecule has 0 unspecified atom stereocenters. The first kappa shape index (κ1) is 13.1. The molecule has 1 aromatic heterocycles. The molecule has 0 aliphatic rings. The van der Waals surface area contributed by atoms with E-state index in [0.29, 0.717) is 5.56 Å². The second-order valence-electron chi connectivity index (χ2n) is 4.21. The zero-order chi connectivity index (χ0) is 13.7. The second kappa shape index (κ2) is 6.00. The van der Waals surface area contributed by atoms with E-state index in [1.54, 1.807) is 31.6 Å². The predicted molar refractivity (Wildman–Crippen MR) is 73.1 cm³/mol. The van der Waals surface area contributed by atoms with Crippen LogP contribution < -0.4 is 10.1 Å². The Morgan fingerprint density at radius 1 is 1.26 bits per heavy atom. The van der Waals surface area contributed by atoms with Gasteiger partial charge in [-0.3, -0.25) is 9.78 Å². The van der Waals surface area contributed by atoms with E-state index in [1.165, 1.54) is 0 Å². The standard InChI is InChI=1S/C15H16N2O2/c1-11(13-4-3-5-14(10-13)19-2)17-15(18)12-6-8-16-9-7-12/h3-11H,1-2H3,(H,17,18)/t11-/m1/s1. The lowest BCUT2D eigenvalue weighted by molar-refractivity contribution is 0.0939. The van der Waals surface area contributed by atoms with E-state index in [1.807, 2.05) is 31.2 Å². The fourth-order valence-corrected chi connectivity index (χ4v) is 1.78. The number of nitrogens with one attached hydrogen (secondary N) is 1. The Labute approximate surface area is 112 Å². The van der Waals surface area contributed by atoms with E-state index in [0.717, 1.165) is 11.3 Å². The van der Waals surface area contributed by atoms with Gasteiger partial charge in [0.25, 0.3) is 5.91 Å². The minimum Gasteiger partial charge on any atom is -0.497 e. The van der Waals surface area contributed by atoms with E-state index < -0.39 is 0 Å². The molecule has 0 saturated heterocycles. The number of benzene rings is 1. The van der Waals surface area contributed by atoms with Gasteiger partial charge in [-0.1, -0.05) is 12.1 Å². The molecule has 0 aliphatic heterocycles. The van der Waals surface area contributed by atoms with Crippen molar-refractivity contribution in [2.75, 3.05) is 7.11 Å². The van der Waals surface area contributed by atoms with Crippen molar-refractivity contribution < 1.29 is 9.53 Å². The van der Waals surface area contributed by atoms with Crippen molar-refractivity contribution in [2.24, 2.45) is 0 Å². The summed E-state index contributed by atoms with van der Waals surface area (Å²) in [7, 11) is 1.62. The minimum atomic E-state index is -0.113. The Morgan fingerprint density at radius 2 is 2.00 bits per heavy atom. The maximum absolute atomic E-state index is 12.0. The zero-order valence-corrected chi connectivity index (χ0v) is 11.0. The van der Waals surface area contributed by atoms with Crippen LogP contribution in [-0.4, -0.2) is 18.0 Å². The normalized spacial score (nSPS) is 11.7. The molecule has 19 heavy (non-hydrogen) atoms. The number of amides is 1. The summed E-state index contributed by atoms with van der Waals surface area (Å²) < 4.78 is 5.17. The molecule has 0 bridgehead atoms. The van der Waals surface area contributed by atoms with Gasteiger partial charge in [0.05, 0.1) is 13.2 Å². The van der Waals surface area contributed by atoms with Gasteiger partial charge >= 0.3 is 0 Å². The van der Waals surface area contributed by atoms with Crippen molar-refractivity contribution in [1.82, 2.24) is 10.3 Å². The summed E-state index contributed by atoms with van der Waals surface area (Å²) >= 11 is 0. The maximum atomic E-state index is 12.0. The molecule has 4 heteroatoms. The van der Waals surface area contributed by atoms with E-state index in [-0.39, 0.29) is 11.9 Å². The van der Waals surface area contributed by atoms with Gasteiger partial charge < -0.3 is 10.1 Å². The second-order valence-corrected chi connectivity index (χ2v) is 4.21. The van der Waals surface area contributed by atoms with Crippen LogP contribution in [-0.2, 0) is 0 Å². The number of aromatic nitrogens is 1. The number of carbonyl (C=O) groups is 1. The molecule has 0 fully saturated rings. The maximum Gasteiger partial charge on any atom is 0.251 e. The fraction of sp³-hybridized carbons (Fsp3) is 0.200. The molecule has 4 nitrogen and oxygen atoms in total. The topological polar surface area (TPSA) is 51.2 Å². The summed E-state index contributed by atoms with van der Waals surface area (Å²) in [5.74, 6) is 0.667. The van der Waals surface area contributed by atoms with Gasteiger partial charge in [-0.25, -0.2) is 0 Å². The van der Waals surface area contributed by atoms with Crippen molar-refractivity contribution in [3.8, 4) is 5.75 Å². The van der Waals surface area contributed by atoms with Crippen LogP contribution >= 0.6 is 0 Å². The highest BCUT2D eigenvalue weighted by molar-refractivity contribution is 5.94. The van der Waals surface area contributed by atoms with Gasteiger partial charge in [0.15, 0.2) is 0 Å². The van der Waals surface area contributed by atoms with E-state index in [2.05, 4.69) is 10.3 Å². The third-order valence-corrected chi connectivity index (χ3v) is 2.88. The first-order chi connectivity index (χ1) is 9.20. The molecule has 1 aromatic carbocycles. The summed E-state index contributed by atoms with van der Waals surface area (Å²) in [6.45, 7) is 1.94. The zero-order valence-electron chi connectivity index (χ0n) is 11.0. The van der Waals surface area contributed by atoms with Crippen molar-refractivity contribution >= 4 is 5.91 Å². The number of pyridine rings is 1. The molecule has 1 amide bonds. The van der Waals surface area contributed by atoms with E-state index in [9.17, 15) is 4.79 Å². The summed E-state index contributed by atoms with van der Waals surface area (Å²) in [5.41, 5.74) is 1.60. The molecule has 0 aliphatic carbocycles. The van der Waals surface area contributed by atoms with Crippen molar-refractivity contribution in [1.29, 1.82) is 0 Å². The number of hydrogen-bond donors (Lipinski definition) is 1. The van der Waals surface area contributed by atoms with Gasteiger partial charge in [0, 0.05) is 18.0 Å². The van der Waals surface area contributed by atoms with Crippen LogP contribution in [0.1, 0.15) is 28.9 Å². The summed E-state index contributed by atoms with van der Waals surface area (Å²) in [6, 6.07) is 10.9. The number of hydrogen-bond acceptors (Lipinski definition) is 3. The van der Waals surface area contributed by atoms with Crippen LogP contribution in [0.3, 0.4) is 0 Å². The fourth-order valence-electron chi connectivity index (χ4n) is 1.78. The Balaban J connectivity index is 2.08. The summed E-state index contributed by atoms with van der Waals surface area (Å²) in [5, 5.41) is 2.94. The van der Waals surface area contributed by atoms with E-state index >= 15 is 0 Å². The third kappa shape index (κ3) is 3.31. The highest BCUT2D eigenvalue weighted by Gasteiger charge is 2.11. The highest BCUT2D eigenvalue weighted by atomic mass is 16.5. The number of ether oxygens (including phenoxy) is 1. The van der Waals surface area contributed by atoms with Gasteiger partial charge in [-0.2, -0.15) is 0 Å². The Morgan fingerprint density at radius 3 is 2.68 bits per heavy atom. The van der Waals surface area contributed by atoms with Crippen LogP contribution in [0, 0.1) is 0 Å². The third-order valence-electron chi connectivity index (χ3n) is 2.88. The van der Waals surface area contributed by atoms with Crippen molar-refractivity contribution in [2.45, 2.75) is 13.0 Å². The lowest BCUT2D eigenvalue weighted by Crippen LogP contribution is -2.26. The van der Waals surface area contributed by atoms with Crippen LogP contribution in [0.15, 0.2) is 48.8 Å². The predicted octanol–water partition coefficient (Wildman–Crippen LogP) is 2.58. The van der Waals surface area contributed by atoms with Crippen molar-refractivity contribution in [3.05, 3.63) is 59.9 Å². The minimum absolute atomic E-state index is 0.0873. The lowest BCUT2D eigenvalue weighted by Gasteiger charge is -2.15. The number of carbonyl (C=O) groups excluding carboxylic acids is 1. The van der Waals surface area contributed by atoms with E-state index in [4.69, 9.17) is 4.74 Å². The van der Waals surface area contributed by atoms with Crippen LogP contribution in [0.5, 0.6) is 5.75 Å². The highest BCUT2D eigenvalue weighted by Crippen LogP contribution is 2.19. The SMILES string of the molecule is COc1cccc([C@@H](C)NC(=O)c2ccncc2)c1.